The summed E-state index contributed by atoms with van der Waals surface area (Å²) in [5, 5.41) is 0.641. The standard InChI is InChI=1S/C19H21N5O2/c25-19-14-4-1-2-5-15(14)21-18(22-19)16-6-3-7-23(16)10-13-11-24-8-9-26-12-17(24)20-13/h1-2,4-5,11,16H,3,6-10,12H2,(H,21,22,25). The molecule has 1 N–H and O–H groups in total. The van der Waals surface area contributed by atoms with Crippen LogP contribution in [-0.4, -0.2) is 37.6 Å². The van der Waals surface area contributed by atoms with Gasteiger partial charge in [-0.3, -0.25) is 9.69 Å². The Hall–Kier alpha value is -2.51. The van der Waals surface area contributed by atoms with Gasteiger partial charge in [-0.15, -0.1) is 0 Å². The van der Waals surface area contributed by atoms with E-state index in [1.54, 1.807) is 0 Å². The number of ether oxygens (including phenoxy) is 1. The number of nitrogens with zero attached hydrogens (tertiary/aromatic N) is 4. The van der Waals surface area contributed by atoms with Crippen LogP contribution in [0.5, 0.6) is 0 Å². The highest BCUT2D eigenvalue weighted by molar-refractivity contribution is 5.77. The zero-order chi connectivity index (χ0) is 17.5. The van der Waals surface area contributed by atoms with Gasteiger partial charge in [-0.05, 0) is 31.5 Å². The van der Waals surface area contributed by atoms with E-state index < -0.39 is 0 Å². The molecule has 0 spiro atoms. The lowest BCUT2D eigenvalue weighted by molar-refractivity contribution is 0.0816. The van der Waals surface area contributed by atoms with Crippen molar-refractivity contribution in [2.24, 2.45) is 0 Å². The van der Waals surface area contributed by atoms with Crippen molar-refractivity contribution in [3.05, 3.63) is 58.2 Å². The van der Waals surface area contributed by atoms with Crippen molar-refractivity contribution >= 4 is 10.9 Å². The number of likely N-dealkylation sites (tertiary alicyclic amines) is 1. The summed E-state index contributed by atoms with van der Waals surface area (Å²) in [6, 6.07) is 7.63. The largest absolute Gasteiger partial charge is 0.372 e. The van der Waals surface area contributed by atoms with E-state index in [0.29, 0.717) is 12.0 Å². The Morgan fingerprint density at radius 2 is 2.15 bits per heavy atom. The van der Waals surface area contributed by atoms with Gasteiger partial charge in [0.25, 0.3) is 5.56 Å². The molecule has 0 aliphatic carbocycles. The lowest BCUT2D eigenvalue weighted by Gasteiger charge is -2.22. The molecule has 26 heavy (non-hydrogen) atoms. The van der Waals surface area contributed by atoms with Gasteiger partial charge in [0, 0.05) is 19.3 Å². The molecule has 4 heterocycles. The van der Waals surface area contributed by atoms with E-state index in [2.05, 4.69) is 20.6 Å². The van der Waals surface area contributed by atoms with Crippen LogP contribution >= 0.6 is 0 Å². The van der Waals surface area contributed by atoms with Crippen molar-refractivity contribution in [2.75, 3.05) is 13.2 Å². The van der Waals surface area contributed by atoms with Crippen LogP contribution in [0.3, 0.4) is 0 Å². The summed E-state index contributed by atoms with van der Waals surface area (Å²) in [7, 11) is 0. The van der Waals surface area contributed by atoms with E-state index in [0.717, 1.165) is 61.9 Å². The van der Waals surface area contributed by atoms with E-state index in [1.807, 2.05) is 24.3 Å². The van der Waals surface area contributed by atoms with Crippen molar-refractivity contribution in [3.8, 4) is 0 Å². The Morgan fingerprint density at radius 1 is 1.23 bits per heavy atom. The summed E-state index contributed by atoms with van der Waals surface area (Å²) in [6.07, 6.45) is 4.22. The van der Waals surface area contributed by atoms with E-state index >= 15 is 0 Å². The number of rotatable bonds is 3. The molecule has 2 aliphatic heterocycles. The van der Waals surface area contributed by atoms with E-state index in [-0.39, 0.29) is 11.6 Å². The highest BCUT2D eigenvalue weighted by atomic mass is 16.5. The zero-order valence-electron chi connectivity index (χ0n) is 14.5. The maximum Gasteiger partial charge on any atom is 0.258 e. The first kappa shape index (κ1) is 15.7. The summed E-state index contributed by atoms with van der Waals surface area (Å²) in [6.45, 7) is 3.95. The number of imidazole rings is 1. The SMILES string of the molecule is O=c1[nH]c(C2CCCN2Cc2cn3c(n2)COCC3)nc2ccccc12. The van der Waals surface area contributed by atoms with Crippen LogP contribution in [0.1, 0.15) is 36.2 Å². The minimum atomic E-state index is -0.0629. The molecule has 7 nitrogen and oxygen atoms in total. The van der Waals surface area contributed by atoms with Gasteiger partial charge in [0.05, 0.1) is 29.2 Å². The smallest absolute Gasteiger partial charge is 0.258 e. The number of H-pyrrole nitrogens is 1. The quantitative estimate of drug-likeness (QED) is 0.781. The third-order valence-corrected chi connectivity index (χ3v) is 5.29. The van der Waals surface area contributed by atoms with Crippen LogP contribution in [0, 0.1) is 0 Å². The van der Waals surface area contributed by atoms with Crippen LogP contribution in [0.25, 0.3) is 10.9 Å². The van der Waals surface area contributed by atoms with Gasteiger partial charge in [-0.2, -0.15) is 0 Å². The van der Waals surface area contributed by atoms with E-state index in [9.17, 15) is 4.79 Å². The minimum Gasteiger partial charge on any atom is -0.372 e. The first-order chi connectivity index (χ1) is 12.8. The fourth-order valence-electron chi connectivity index (χ4n) is 4.02. The predicted molar refractivity (Wildman–Crippen MR) is 96.6 cm³/mol. The molecule has 0 amide bonds. The lowest BCUT2D eigenvalue weighted by Crippen LogP contribution is -2.26. The second-order valence-corrected chi connectivity index (χ2v) is 6.99. The molecule has 0 bridgehead atoms. The average Bonchev–Trinajstić information content (AvgIpc) is 3.28. The highest BCUT2D eigenvalue weighted by Crippen LogP contribution is 2.31. The summed E-state index contributed by atoms with van der Waals surface area (Å²) in [4.78, 5) is 27.2. The summed E-state index contributed by atoms with van der Waals surface area (Å²) >= 11 is 0. The molecule has 0 radical (unpaired) electrons. The fourth-order valence-corrected chi connectivity index (χ4v) is 4.02. The van der Waals surface area contributed by atoms with Crippen LogP contribution in [0.4, 0.5) is 0 Å². The van der Waals surface area contributed by atoms with Gasteiger partial charge in [0.15, 0.2) is 0 Å². The summed E-state index contributed by atoms with van der Waals surface area (Å²) < 4.78 is 7.66. The number of fused-ring (bicyclic) bond motifs is 2. The Morgan fingerprint density at radius 3 is 3.08 bits per heavy atom. The normalized spacial score (nSPS) is 20.5. The maximum atomic E-state index is 12.4. The molecule has 0 saturated carbocycles. The average molecular weight is 351 g/mol. The van der Waals surface area contributed by atoms with Crippen molar-refractivity contribution < 1.29 is 4.74 Å². The second kappa shape index (κ2) is 6.34. The Balaban J connectivity index is 1.44. The number of aromatic amines is 1. The molecule has 2 aromatic heterocycles. The fraction of sp³-hybridized carbons (Fsp3) is 0.421. The third-order valence-electron chi connectivity index (χ3n) is 5.29. The molecule has 1 unspecified atom stereocenters. The summed E-state index contributed by atoms with van der Waals surface area (Å²) in [5.74, 6) is 1.76. The second-order valence-electron chi connectivity index (χ2n) is 6.99. The van der Waals surface area contributed by atoms with Gasteiger partial charge >= 0.3 is 0 Å². The zero-order valence-corrected chi connectivity index (χ0v) is 14.5. The molecular formula is C19H21N5O2. The monoisotopic (exact) mass is 351 g/mol. The van der Waals surface area contributed by atoms with E-state index in [1.165, 1.54) is 0 Å². The number of aromatic nitrogens is 4. The molecule has 1 atom stereocenters. The van der Waals surface area contributed by atoms with Gasteiger partial charge in [-0.25, -0.2) is 9.97 Å². The minimum absolute atomic E-state index is 0.0629. The number of nitrogens with one attached hydrogen (secondary N) is 1. The van der Waals surface area contributed by atoms with E-state index in [4.69, 9.17) is 14.7 Å². The van der Waals surface area contributed by atoms with Crippen molar-refractivity contribution in [2.45, 2.75) is 38.6 Å². The van der Waals surface area contributed by atoms with Crippen LogP contribution in [0.15, 0.2) is 35.3 Å². The first-order valence-electron chi connectivity index (χ1n) is 9.13. The van der Waals surface area contributed by atoms with Gasteiger partial charge in [0.1, 0.15) is 18.3 Å². The molecule has 1 aromatic carbocycles. The first-order valence-corrected chi connectivity index (χ1v) is 9.13. The summed E-state index contributed by atoms with van der Waals surface area (Å²) in [5.41, 5.74) is 1.75. The van der Waals surface area contributed by atoms with Gasteiger partial charge in [-0.1, -0.05) is 12.1 Å². The molecular weight excluding hydrogens is 330 g/mol. The molecule has 1 saturated heterocycles. The van der Waals surface area contributed by atoms with Crippen LogP contribution < -0.4 is 5.56 Å². The third kappa shape index (κ3) is 2.73. The number of hydrogen-bond acceptors (Lipinski definition) is 5. The number of para-hydroxylation sites is 1. The topological polar surface area (TPSA) is 76.0 Å². The highest BCUT2D eigenvalue weighted by Gasteiger charge is 2.29. The maximum absolute atomic E-state index is 12.4. The molecule has 7 heteroatoms. The molecule has 3 aromatic rings. The lowest BCUT2D eigenvalue weighted by atomic mass is 10.2. The van der Waals surface area contributed by atoms with Gasteiger partial charge in [0.2, 0.25) is 0 Å². The number of benzene rings is 1. The van der Waals surface area contributed by atoms with Gasteiger partial charge < -0.3 is 14.3 Å². The Bertz CT molecular complexity index is 985. The number of hydrogen-bond donors (Lipinski definition) is 1. The molecule has 5 rings (SSSR count). The Labute approximate surface area is 150 Å². The molecule has 134 valence electrons. The van der Waals surface area contributed by atoms with Crippen molar-refractivity contribution in [1.29, 1.82) is 0 Å². The molecule has 1 fully saturated rings. The van der Waals surface area contributed by atoms with Crippen molar-refractivity contribution in [1.82, 2.24) is 24.4 Å². The van der Waals surface area contributed by atoms with Crippen LogP contribution in [-0.2, 0) is 24.4 Å². The molecule has 2 aliphatic rings. The van der Waals surface area contributed by atoms with Crippen LogP contribution in [0.2, 0.25) is 0 Å². The van der Waals surface area contributed by atoms with Crippen molar-refractivity contribution in [3.63, 3.8) is 0 Å². The Kier molecular flexibility index (Phi) is 3.83. The predicted octanol–water partition coefficient (Wildman–Crippen LogP) is 1.99.